The van der Waals surface area contributed by atoms with Gasteiger partial charge in [0.15, 0.2) is 5.13 Å². The molecular formula is C24H24N2O2S. The molecule has 29 heavy (non-hydrogen) atoms. The molecule has 0 aliphatic heterocycles. The first-order valence-electron chi connectivity index (χ1n) is 9.88. The van der Waals surface area contributed by atoms with Crippen molar-refractivity contribution in [3.63, 3.8) is 0 Å². The van der Waals surface area contributed by atoms with E-state index in [1.54, 1.807) is 22.5 Å². The monoisotopic (exact) mass is 404 g/mol. The normalized spacial score (nSPS) is 11.3. The van der Waals surface area contributed by atoms with Crippen LogP contribution in [0.5, 0.6) is 0 Å². The Balaban J connectivity index is 1.64. The second-order valence-corrected chi connectivity index (χ2v) is 8.40. The van der Waals surface area contributed by atoms with E-state index in [0.29, 0.717) is 25.3 Å². The van der Waals surface area contributed by atoms with Gasteiger partial charge in [-0.2, -0.15) is 0 Å². The minimum atomic E-state index is 0.0513. The van der Waals surface area contributed by atoms with Gasteiger partial charge in [0.2, 0.25) is 5.91 Å². The molecule has 4 nitrogen and oxygen atoms in total. The SMILES string of the molecule is CC(C)c1cccc2sc(N(Cc3ccco3)C(=O)CCc3ccccc3)nc12. The lowest BCUT2D eigenvalue weighted by Crippen LogP contribution is -2.30. The number of carbonyl (C=O) groups is 1. The second-order valence-electron chi connectivity index (χ2n) is 7.39. The third kappa shape index (κ3) is 4.40. The summed E-state index contributed by atoms with van der Waals surface area (Å²) in [7, 11) is 0. The van der Waals surface area contributed by atoms with E-state index < -0.39 is 0 Å². The number of carbonyl (C=O) groups excluding carboxylic acids is 1. The van der Waals surface area contributed by atoms with Crippen LogP contribution in [-0.4, -0.2) is 10.9 Å². The van der Waals surface area contributed by atoms with Crippen LogP contribution in [-0.2, 0) is 17.8 Å². The summed E-state index contributed by atoms with van der Waals surface area (Å²) >= 11 is 1.56. The highest BCUT2D eigenvalue weighted by Gasteiger charge is 2.22. The number of anilines is 1. The highest BCUT2D eigenvalue weighted by Crippen LogP contribution is 2.34. The Morgan fingerprint density at radius 1 is 1.07 bits per heavy atom. The molecule has 0 radical (unpaired) electrons. The smallest absolute Gasteiger partial charge is 0.229 e. The Morgan fingerprint density at radius 2 is 1.90 bits per heavy atom. The average molecular weight is 405 g/mol. The zero-order chi connectivity index (χ0) is 20.2. The fraction of sp³-hybridized carbons (Fsp3) is 0.250. The number of aryl methyl sites for hydroxylation is 1. The highest BCUT2D eigenvalue weighted by molar-refractivity contribution is 7.22. The summed E-state index contributed by atoms with van der Waals surface area (Å²) in [4.78, 5) is 19.8. The summed E-state index contributed by atoms with van der Waals surface area (Å²) in [6.07, 6.45) is 2.77. The molecule has 0 atom stereocenters. The van der Waals surface area contributed by atoms with Gasteiger partial charge in [0, 0.05) is 6.42 Å². The molecular weight excluding hydrogens is 380 g/mol. The molecule has 0 bridgehead atoms. The van der Waals surface area contributed by atoms with Crippen LogP contribution in [0.25, 0.3) is 10.2 Å². The number of fused-ring (bicyclic) bond motifs is 1. The first-order valence-corrected chi connectivity index (χ1v) is 10.7. The van der Waals surface area contributed by atoms with E-state index in [1.165, 1.54) is 5.56 Å². The number of furan rings is 1. The zero-order valence-electron chi connectivity index (χ0n) is 16.7. The molecule has 2 aromatic heterocycles. The van der Waals surface area contributed by atoms with E-state index >= 15 is 0 Å². The van der Waals surface area contributed by atoms with Crippen molar-refractivity contribution in [1.82, 2.24) is 4.98 Å². The number of nitrogens with zero attached hydrogens (tertiary/aromatic N) is 2. The van der Waals surface area contributed by atoms with Gasteiger partial charge in [-0.25, -0.2) is 4.98 Å². The Hall–Kier alpha value is -2.92. The van der Waals surface area contributed by atoms with E-state index in [1.807, 2.05) is 30.3 Å². The predicted molar refractivity (Wildman–Crippen MR) is 118 cm³/mol. The molecule has 0 unspecified atom stereocenters. The quantitative estimate of drug-likeness (QED) is 0.369. The Morgan fingerprint density at radius 3 is 2.62 bits per heavy atom. The van der Waals surface area contributed by atoms with Gasteiger partial charge >= 0.3 is 0 Å². The molecule has 148 valence electrons. The lowest BCUT2D eigenvalue weighted by molar-refractivity contribution is -0.118. The largest absolute Gasteiger partial charge is 0.467 e. The molecule has 0 aliphatic rings. The summed E-state index contributed by atoms with van der Waals surface area (Å²) in [6.45, 7) is 4.72. The van der Waals surface area contributed by atoms with Crippen molar-refractivity contribution in [2.45, 2.75) is 39.2 Å². The van der Waals surface area contributed by atoms with Crippen LogP contribution >= 0.6 is 11.3 Å². The number of hydrogen-bond donors (Lipinski definition) is 0. The summed E-state index contributed by atoms with van der Waals surface area (Å²) in [6, 6.07) is 20.1. The Labute approximate surface area is 174 Å². The number of rotatable bonds is 7. The van der Waals surface area contributed by atoms with Gasteiger partial charge in [0.25, 0.3) is 0 Å². The van der Waals surface area contributed by atoms with Crippen molar-refractivity contribution in [1.29, 1.82) is 0 Å². The van der Waals surface area contributed by atoms with Gasteiger partial charge in [0.05, 0.1) is 23.0 Å². The van der Waals surface area contributed by atoms with Crippen molar-refractivity contribution in [3.05, 3.63) is 83.8 Å². The molecule has 0 saturated carbocycles. The lowest BCUT2D eigenvalue weighted by atomic mass is 10.0. The molecule has 0 N–H and O–H groups in total. The van der Waals surface area contributed by atoms with E-state index in [2.05, 4.69) is 44.2 Å². The number of thiazole rings is 1. The van der Waals surface area contributed by atoms with Gasteiger partial charge in [-0.3, -0.25) is 9.69 Å². The molecule has 4 aromatic rings. The number of aromatic nitrogens is 1. The van der Waals surface area contributed by atoms with Crippen LogP contribution in [0.4, 0.5) is 5.13 Å². The molecule has 0 saturated heterocycles. The van der Waals surface area contributed by atoms with Crippen molar-refractivity contribution >= 4 is 32.6 Å². The fourth-order valence-electron chi connectivity index (χ4n) is 3.39. The predicted octanol–water partition coefficient (Wildman–Crippen LogP) is 6.18. The van der Waals surface area contributed by atoms with Gasteiger partial charge in [-0.05, 0) is 41.7 Å². The third-order valence-electron chi connectivity index (χ3n) is 4.96. The summed E-state index contributed by atoms with van der Waals surface area (Å²) in [5.41, 5.74) is 3.35. The van der Waals surface area contributed by atoms with E-state index in [-0.39, 0.29) is 5.91 Å². The van der Waals surface area contributed by atoms with Crippen LogP contribution < -0.4 is 4.90 Å². The van der Waals surface area contributed by atoms with Gasteiger partial charge < -0.3 is 4.42 Å². The average Bonchev–Trinajstić information content (AvgIpc) is 3.40. The fourth-order valence-corrected chi connectivity index (χ4v) is 4.41. The first kappa shape index (κ1) is 19.4. The molecule has 2 aromatic carbocycles. The van der Waals surface area contributed by atoms with Gasteiger partial charge in [-0.1, -0.05) is 67.6 Å². The van der Waals surface area contributed by atoms with Gasteiger partial charge in [-0.15, -0.1) is 0 Å². The molecule has 4 rings (SSSR count). The van der Waals surface area contributed by atoms with E-state index in [9.17, 15) is 4.79 Å². The minimum absolute atomic E-state index is 0.0513. The molecule has 1 amide bonds. The summed E-state index contributed by atoms with van der Waals surface area (Å²) < 4.78 is 6.62. The summed E-state index contributed by atoms with van der Waals surface area (Å²) in [5.74, 6) is 1.18. The number of para-hydroxylation sites is 1. The van der Waals surface area contributed by atoms with Crippen LogP contribution in [0.3, 0.4) is 0 Å². The van der Waals surface area contributed by atoms with Crippen molar-refractivity contribution in [3.8, 4) is 0 Å². The Kier molecular flexibility index (Phi) is 5.76. The van der Waals surface area contributed by atoms with Crippen molar-refractivity contribution < 1.29 is 9.21 Å². The van der Waals surface area contributed by atoms with Crippen LogP contribution in [0, 0.1) is 0 Å². The number of benzene rings is 2. The minimum Gasteiger partial charge on any atom is -0.467 e. The van der Waals surface area contributed by atoms with Crippen LogP contribution in [0.1, 0.15) is 43.1 Å². The maximum atomic E-state index is 13.2. The van der Waals surface area contributed by atoms with Crippen LogP contribution in [0.2, 0.25) is 0 Å². The maximum absolute atomic E-state index is 13.2. The second kappa shape index (κ2) is 8.62. The summed E-state index contributed by atoms with van der Waals surface area (Å²) in [5, 5.41) is 0.725. The third-order valence-corrected chi connectivity index (χ3v) is 6.00. The molecule has 0 spiro atoms. The van der Waals surface area contributed by atoms with Crippen molar-refractivity contribution in [2.24, 2.45) is 0 Å². The zero-order valence-corrected chi connectivity index (χ0v) is 17.5. The molecule has 5 heteroatoms. The maximum Gasteiger partial charge on any atom is 0.229 e. The molecule has 2 heterocycles. The van der Waals surface area contributed by atoms with Crippen LogP contribution in [0.15, 0.2) is 71.3 Å². The first-order chi connectivity index (χ1) is 14.1. The molecule has 0 fully saturated rings. The van der Waals surface area contributed by atoms with E-state index in [0.717, 1.165) is 26.7 Å². The standard InChI is InChI=1S/C24H24N2O2S/c1-17(2)20-11-6-12-21-23(20)25-24(29-21)26(16-19-10-7-15-28-19)22(27)14-13-18-8-4-3-5-9-18/h3-12,15,17H,13-14,16H2,1-2H3. The molecule has 0 aliphatic carbocycles. The highest BCUT2D eigenvalue weighted by atomic mass is 32.1. The topological polar surface area (TPSA) is 46.3 Å². The Bertz CT molecular complexity index is 1080. The van der Waals surface area contributed by atoms with Crippen molar-refractivity contribution in [2.75, 3.05) is 4.90 Å². The lowest BCUT2D eigenvalue weighted by Gasteiger charge is -2.18. The number of hydrogen-bond acceptors (Lipinski definition) is 4. The number of amides is 1. The van der Waals surface area contributed by atoms with E-state index in [4.69, 9.17) is 9.40 Å². The van der Waals surface area contributed by atoms with Gasteiger partial charge in [0.1, 0.15) is 5.76 Å².